The number of imide groups is 1. The van der Waals surface area contributed by atoms with Crippen molar-refractivity contribution in [2.75, 3.05) is 16.6 Å². The average Bonchev–Trinajstić information content (AvgIpc) is 3.21. The molecule has 0 spiro atoms. The molecule has 1 unspecified atom stereocenters. The van der Waals surface area contributed by atoms with Gasteiger partial charge in [0.25, 0.3) is 21.8 Å². The van der Waals surface area contributed by atoms with Gasteiger partial charge in [-0.15, -0.1) is 11.3 Å². The summed E-state index contributed by atoms with van der Waals surface area (Å²) in [7, 11) is -4.02. The number of rotatable bonds is 7. The number of sulfonamides is 1. The highest BCUT2D eigenvalue weighted by Gasteiger charge is 2.29. The smallest absolute Gasteiger partial charge is 0.414 e. The quantitative estimate of drug-likeness (QED) is 0.375. The van der Waals surface area contributed by atoms with E-state index in [1.165, 1.54) is 35.6 Å². The van der Waals surface area contributed by atoms with Crippen molar-refractivity contribution >= 4 is 50.0 Å². The first-order chi connectivity index (χ1) is 18.1. The standard InChI is InChI=1S/C26H26FN3O6S2/c1-3-36-26(33)29-24(32)22-20-12-7-15(2)13-21(20)37-25(22)28-23(31)16-5-4-6-18(14-16)30-38(34,35)19-10-8-17(27)9-11-19/h4-6,8-11,14-15,30H,3,7,12-13H2,1-2H3,(H,28,31)(H,29,32,33). The van der Waals surface area contributed by atoms with Gasteiger partial charge in [-0.2, -0.15) is 0 Å². The number of benzene rings is 2. The molecule has 1 aromatic heterocycles. The summed E-state index contributed by atoms with van der Waals surface area (Å²) in [5.41, 5.74) is 1.29. The van der Waals surface area contributed by atoms with Crippen LogP contribution in [0.15, 0.2) is 53.4 Å². The van der Waals surface area contributed by atoms with Gasteiger partial charge >= 0.3 is 6.09 Å². The number of hydrogen-bond acceptors (Lipinski definition) is 7. The fourth-order valence-corrected chi connectivity index (χ4v) is 6.58. The third-order valence-electron chi connectivity index (χ3n) is 5.96. The van der Waals surface area contributed by atoms with Crippen molar-refractivity contribution in [2.24, 2.45) is 5.92 Å². The molecule has 1 atom stereocenters. The minimum absolute atomic E-state index is 0.100. The van der Waals surface area contributed by atoms with Gasteiger partial charge in [0.05, 0.1) is 17.1 Å². The summed E-state index contributed by atoms with van der Waals surface area (Å²) >= 11 is 1.28. The van der Waals surface area contributed by atoms with E-state index in [1.807, 2.05) is 0 Å². The van der Waals surface area contributed by atoms with Gasteiger partial charge in [-0.3, -0.25) is 19.6 Å². The Morgan fingerprint density at radius 1 is 1.11 bits per heavy atom. The van der Waals surface area contributed by atoms with Crippen molar-refractivity contribution in [1.29, 1.82) is 0 Å². The molecule has 0 saturated heterocycles. The van der Waals surface area contributed by atoms with Gasteiger partial charge in [-0.05, 0) is 80.1 Å². The molecule has 1 aliphatic rings. The number of fused-ring (bicyclic) bond motifs is 1. The van der Waals surface area contributed by atoms with E-state index in [4.69, 9.17) is 4.74 Å². The van der Waals surface area contributed by atoms with Gasteiger partial charge in [0.2, 0.25) is 0 Å². The molecule has 0 bridgehead atoms. The number of ether oxygens (including phenoxy) is 1. The lowest BCUT2D eigenvalue weighted by Gasteiger charge is -2.18. The molecule has 1 aliphatic carbocycles. The third kappa shape index (κ3) is 6.20. The monoisotopic (exact) mass is 559 g/mol. The van der Waals surface area contributed by atoms with Crippen molar-refractivity contribution in [3.05, 3.63) is 75.9 Å². The van der Waals surface area contributed by atoms with Crippen LogP contribution >= 0.6 is 11.3 Å². The Balaban J connectivity index is 1.58. The van der Waals surface area contributed by atoms with Crippen LogP contribution in [0.3, 0.4) is 0 Å². The molecule has 9 nitrogen and oxygen atoms in total. The van der Waals surface area contributed by atoms with Crippen molar-refractivity contribution in [1.82, 2.24) is 5.32 Å². The molecule has 1 heterocycles. The van der Waals surface area contributed by atoms with Crippen molar-refractivity contribution in [2.45, 2.75) is 38.0 Å². The number of anilines is 2. The SMILES string of the molecule is CCOC(=O)NC(=O)c1c(NC(=O)c2cccc(NS(=O)(=O)c3ccc(F)cc3)c2)sc2c1CCC(C)C2. The van der Waals surface area contributed by atoms with Gasteiger partial charge in [0.1, 0.15) is 10.8 Å². The first-order valence-corrected chi connectivity index (χ1v) is 14.2. The number of nitrogens with one attached hydrogen (secondary N) is 3. The van der Waals surface area contributed by atoms with E-state index in [-0.39, 0.29) is 28.3 Å². The van der Waals surface area contributed by atoms with Crippen LogP contribution in [0.5, 0.6) is 0 Å². The van der Waals surface area contributed by atoms with E-state index in [2.05, 4.69) is 22.3 Å². The van der Waals surface area contributed by atoms with Crippen LogP contribution in [0.1, 0.15) is 51.4 Å². The van der Waals surface area contributed by atoms with Gasteiger partial charge in [0, 0.05) is 16.1 Å². The summed E-state index contributed by atoms with van der Waals surface area (Å²) in [5.74, 6) is -1.38. The summed E-state index contributed by atoms with van der Waals surface area (Å²) in [6.45, 7) is 3.83. The number of hydrogen-bond donors (Lipinski definition) is 3. The highest BCUT2D eigenvalue weighted by Crippen LogP contribution is 2.40. The summed E-state index contributed by atoms with van der Waals surface area (Å²) in [6, 6.07) is 10.2. The van der Waals surface area contributed by atoms with E-state index in [0.717, 1.165) is 47.5 Å². The second kappa shape index (κ2) is 11.3. The first-order valence-electron chi connectivity index (χ1n) is 11.9. The third-order valence-corrected chi connectivity index (χ3v) is 8.52. The lowest BCUT2D eigenvalue weighted by Crippen LogP contribution is -2.32. The maximum Gasteiger partial charge on any atom is 0.414 e. The number of thiophene rings is 1. The average molecular weight is 560 g/mol. The number of amides is 3. The molecule has 0 aliphatic heterocycles. The van der Waals surface area contributed by atoms with Crippen LogP contribution < -0.4 is 15.4 Å². The fourth-order valence-electron chi connectivity index (χ4n) is 4.13. The molecule has 12 heteroatoms. The van der Waals surface area contributed by atoms with E-state index in [0.29, 0.717) is 17.3 Å². The topological polar surface area (TPSA) is 131 Å². The Morgan fingerprint density at radius 2 is 1.84 bits per heavy atom. The molecule has 3 amide bonds. The number of carbonyl (C=O) groups excluding carboxylic acids is 3. The second-order valence-corrected chi connectivity index (χ2v) is 11.6. The minimum Gasteiger partial charge on any atom is -0.450 e. The normalized spacial score (nSPS) is 14.8. The molecule has 0 saturated carbocycles. The van der Waals surface area contributed by atoms with Crippen LogP contribution in [-0.4, -0.2) is 32.9 Å². The Hall–Kier alpha value is -3.77. The van der Waals surface area contributed by atoms with E-state index < -0.39 is 33.7 Å². The summed E-state index contributed by atoms with van der Waals surface area (Å²) in [6.07, 6.45) is 1.37. The van der Waals surface area contributed by atoms with Crippen molar-refractivity contribution in [3.8, 4) is 0 Å². The zero-order chi connectivity index (χ0) is 27.4. The maximum atomic E-state index is 13.2. The van der Waals surface area contributed by atoms with Crippen LogP contribution in [0.2, 0.25) is 0 Å². The highest BCUT2D eigenvalue weighted by molar-refractivity contribution is 7.92. The Kier molecular flexibility index (Phi) is 8.12. The molecular weight excluding hydrogens is 533 g/mol. The molecule has 4 rings (SSSR count). The van der Waals surface area contributed by atoms with E-state index in [1.54, 1.807) is 6.92 Å². The zero-order valence-electron chi connectivity index (χ0n) is 20.7. The zero-order valence-corrected chi connectivity index (χ0v) is 22.3. The predicted octanol–water partition coefficient (Wildman–Crippen LogP) is 4.95. The number of halogens is 1. The lowest BCUT2D eigenvalue weighted by atomic mass is 9.88. The van der Waals surface area contributed by atoms with E-state index >= 15 is 0 Å². The fraction of sp³-hybridized carbons (Fsp3) is 0.269. The predicted molar refractivity (Wildman–Crippen MR) is 142 cm³/mol. The second-order valence-electron chi connectivity index (χ2n) is 8.82. The Morgan fingerprint density at radius 3 is 2.55 bits per heavy atom. The van der Waals surface area contributed by atoms with Gasteiger partial charge in [0.15, 0.2) is 0 Å². The maximum absolute atomic E-state index is 13.2. The van der Waals surface area contributed by atoms with Crippen molar-refractivity contribution < 1.29 is 31.9 Å². The number of carbonyl (C=O) groups is 3. The summed E-state index contributed by atoms with van der Waals surface area (Å²) < 4.78 is 45.7. The van der Waals surface area contributed by atoms with Crippen LogP contribution in [0, 0.1) is 11.7 Å². The Bertz CT molecular complexity index is 1490. The lowest BCUT2D eigenvalue weighted by molar-refractivity contribution is 0.0925. The van der Waals surface area contributed by atoms with Crippen molar-refractivity contribution in [3.63, 3.8) is 0 Å². The molecule has 0 radical (unpaired) electrons. The van der Waals surface area contributed by atoms with Crippen LogP contribution in [0.4, 0.5) is 19.9 Å². The summed E-state index contributed by atoms with van der Waals surface area (Å²) in [5, 5.41) is 5.27. The Labute approximate surface area is 223 Å². The largest absolute Gasteiger partial charge is 0.450 e. The molecular formula is C26H26FN3O6S2. The summed E-state index contributed by atoms with van der Waals surface area (Å²) in [4.78, 5) is 38.9. The van der Waals surface area contributed by atoms with Gasteiger partial charge < -0.3 is 10.1 Å². The van der Waals surface area contributed by atoms with Crippen LogP contribution in [-0.2, 0) is 27.6 Å². The van der Waals surface area contributed by atoms with E-state index in [9.17, 15) is 27.2 Å². The van der Waals surface area contributed by atoms with Gasteiger partial charge in [-0.1, -0.05) is 13.0 Å². The van der Waals surface area contributed by atoms with Crippen LogP contribution in [0.25, 0.3) is 0 Å². The minimum atomic E-state index is -4.02. The molecule has 3 aromatic rings. The highest BCUT2D eigenvalue weighted by atomic mass is 32.2. The molecule has 2 aromatic carbocycles. The molecule has 200 valence electrons. The first kappa shape index (κ1) is 27.3. The molecule has 38 heavy (non-hydrogen) atoms. The molecule has 3 N–H and O–H groups in total. The molecule has 0 fully saturated rings. The van der Waals surface area contributed by atoms with Gasteiger partial charge in [-0.25, -0.2) is 17.6 Å². The number of alkyl carbamates (subject to hydrolysis) is 1.